The molecule has 0 unspecified atom stereocenters. The molecule has 0 radical (unpaired) electrons. The van der Waals surface area contributed by atoms with Crippen LogP contribution >= 0.6 is 22.9 Å². The maximum Gasteiger partial charge on any atom is 0.0934 e. The third-order valence-corrected chi connectivity index (χ3v) is 3.00. The molecule has 0 saturated heterocycles. The molecule has 0 bridgehead atoms. The Labute approximate surface area is 74.7 Å². The van der Waals surface area contributed by atoms with Crippen LogP contribution < -0.4 is 5.32 Å². The largest absolute Gasteiger partial charge is 0.309 e. The van der Waals surface area contributed by atoms with Gasteiger partial charge in [-0.25, -0.2) is 0 Å². The molecule has 1 N–H and O–H groups in total. The van der Waals surface area contributed by atoms with E-state index in [0.29, 0.717) is 0 Å². The van der Waals surface area contributed by atoms with E-state index in [1.165, 1.54) is 10.5 Å². The lowest BCUT2D eigenvalue weighted by Crippen LogP contribution is -2.07. The van der Waals surface area contributed by atoms with E-state index in [9.17, 15) is 0 Å². The second-order valence-corrected chi connectivity index (χ2v) is 4.18. The van der Waals surface area contributed by atoms with Crippen LogP contribution in [0.25, 0.3) is 5.57 Å². The van der Waals surface area contributed by atoms with Gasteiger partial charge in [-0.1, -0.05) is 17.7 Å². The average molecular weight is 186 g/mol. The van der Waals surface area contributed by atoms with Gasteiger partial charge in [-0.15, -0.1) is 11.3 Å². The summed E-state index contributed by atoms with van der Waals surface area (Å²) >= 11 is 7.45. The first kappa shape index (κ1) is 7.35. The van der Waals surface area contributed by atoms with E-state index in [-0.39, 0.29) is 0 Å². The van der Waals surface area contributed by atoms with E-state index < -0.39 is 0 Å². The molecule has 0 fully saturated rings. The summed E-state index contributed by atoms with van der Waals surface area (Å²) in [5, 5.41) is 3.25. The molecule has 1 nitrogen and oxygen atoms in total. The molecule has 3 heteroatoms. The molecule has 0 spiro atoms. The van der Waals surface area contributed by atoms with Crippen molar-refractivity contribution < 1.29 is 0 Å². The number of hydrogen-bond acceptors (Lipinski definition) is 2. The van der Waals surface area contributed by atoms with Gasteiger partial charge in [0.15, 0.2) is 0 Å². The van der Waals surface area contributed by atoms with Crippen LogP contribution in [0.2, 0.25) is 4.34 Å². The van der Waals surface area contributed by atoms with E-state index >= 15 is 0 Å². The lowest BCUT2D eigenvalue weighted by Gasteiger charge is -1.93. The van der Waals surface area contributed by atoms with Crippen molar-refractivity contribution in [2.75, 3.05) is 13.1 Å². The summed E-state index contributed by atoms with van der Waals surface area (Å²) in [6.07, 6.45) is 2.21. The van der Waals surface area contributed by atoms with E-state index in [0.717, 1.165) is 17.4 Å². The highest BCUT2D eigenvalue weighted by molar-refractivity contribution is 7.17. The Morgan fingerprint density at radius 3 is 2.91 bits per heavy atom. The number of thiophene rings is 1. The van der Waals surface area contributed by atoms with Crippen LogP contribution in [-0.4, -0.2) is 13.1 Å². The maximum absolute atomic E-state index is 5.81. The first-order valence-electron chi connectivity index (χ1n) is 3.52. The van der Waals surface area contributed by atoms with Crippen LogP contribution in [0.5, 0.6) is 0 Å². The Hall–Kier alpha value is -0.310. The summed E-state index contributed by atoms with van der Waals surface area (Å²) in [4.78, 5) is 1.29. The molecule has 58 valence electrons. The fraction of sp³-hybridized carbons (Fsp3) is 0.250. The molecule has 1 aromatic rings. The van der Waals surface area contributed by atoms with E-state index in [4.69, 9.17) is 11.6 Å². The van der Waals surface area contributed by atoms with Crippen molar-refractivity contribution in [3.05, 3.63) is 27.4 Å². The van der Waals surface area contributed by atoms with Crippen molar-refractivity contribution >= 4 is 28.5 Å². The first-order valence-corrected chi connectivity index (χ1v) is 4.71. The third kappa shape index (κ3) is 1.48. The molecular formula is C8H8ClNS. The molecule has 0 saturated carbocycles. The van der Waals surface area contributed by atoms with Gasteiger partial charge < -0.3 is 5.32 Å². The van der Waals surface area contributed by atoms with Gasteiger partial charge in [-0.3, -0.25) is 0 Å². The van der Waals surface area contributed by atoms with Crippen molar-refractivity contribution in [3.63, 3.8) is 0 Å². The lowest BCUT2D eigenvalue weighted by molar-refractivity contribution is 0.898. The van der Waals surface area contributed by atoms with Crippen molar-refractivity contribution in [1.29, 1.82) is 0 Å². The van der Waals surface area contributed by atoms with Crippen LogP contribution in [0, 0.1) is 0 Å². The number of halogens is 1. The van der Waals surface area contributed by atoms with Crippen LogP contribution in [0.3, 0.4) is 0 Å². The second-order valence-electron chi connectivity index (χ2n) is 2.46. The van der Waals surface area contributed by atoms with Crippen LogP contribution in [0.15, 0.2) is 18.2 Å². The Kier molecular flexibility index (Phi) is 1.98. The minimum absolute atomic E-state index is 0.868. The van der Waals surface area contributed by atoms with Crippen molar-refractivity contribution in [3.8, 4) is 0 Å². The molecule has 1 aliphatic rings. The van der Waals surface area contributed by atoms with E-state index in [1.54, 1.807) is 11.3 Å². The SMILES string of the molecule is Clc1ccc(C2=CCNC2)s1. The highest BCUT2D eigenvalue weighted by atomic mass is 35.5. The third-order valence-electron chi connectivity index (χ3n) is 1.70. The molecule has 11 heavy (non-hydrogen) atoms. The summed E-state index contributed by atoms with van der Waals surface area (Å²) < 4.78 is 0.868. The fourth-order valence-corrected chi connectivity index (χ4v) is 2.23. The van der Waals surface area contributed by atoms with Gasteiger partial charge in [0.2, 0.25) is 0 Å². The first-order chi connectivity index (χ1) is 5.36. The van der Waals surface area contributed by atoms with Crippen molar-refractivity contribution in [1.82, 2.24) is 5.32 Å². The quantitative estimate of drug-likeness (QED) is 0.709. The van der Waals surface area contributed by atoms with Gasteiger partial charge in [0.25, 0.3) is 0 Å². The summed E-state index contributed by atoms with van der Waals surface area (Å²) in [7, 11) is 0. The highest BCUT2D eigenvalue weighted by Gasteiger charge is 2.07. The maximum atomic E-state index is 5.81. The zero-order valence-electron chi connectivity index (χ0n) is 5.93. The van der Waals surface area contributed by atoms with Gasteiger partial charge in [0.1, 0.15) is 0 Å². The van der Waals surface area contributed by atoms with E-state index in [2.05, 4.69) is 17.5 Å². The Balaban J connectivity index is 2.28. The van der Waals surface area contributed by atoms with Gasteiger partial charge in [-0.05, 0) is 17.7 Å². The van der Waals surface area contributed by atoms with Gasteiger partial charge in [0.05, 0.1) is 4.34 Å². The zero-order valence-corrected chi connectivity index (χ0v) is 7.50. The molecule has 0 amide bonds. The van der Waals surface area contributed by atoms with E-state index in [1.807, 2.05) is 6.07 Å². The Bertz CT molecular complexity index is 290. The van der Waals surface area contributed by atoms with Crippen LogP contribution in [0.1, 0.15) is 4.88 Å². The smallest absolute Gasteiger partial charge is 0.0934 e. The van der Waals surface area contributed by atoms with Crippen LogP contribution in [-0.2, 0) is 0 Å². The fourth-order valence-electron chi connectivity index (χ4n) is 1.15. The molecule has 2 rings (SSSR count). The van der Waals surface area contributed by atoms with Crippen molar-refractivity contribution in [2.45, 2.75) is 0 Å². The second kappa shape index (κ2) is 2.97. The minimum Gasteiger partial charge on any atom is -0.309 e. The number of nitrogens with one attached hydrogen (secondary N) is 1. The molecule has 0 aromatic carbocycles. The Morgan fingerprint density at radius 1 is 1.45 bits per heavy atom. The van der Waals surface area contributed by atoms with Crippen molar-refractivity contribution in [2.24, 2.45) is 0 Å². The highest BCUT2D eigenvalue weighted by Crippen LogP contribution is 2.28. The summed E-state index contributed by atoms with van der Waals surface area (Å²) in [5.41, 5.74) is 1.38. The molecule has 2 heterocycles. The molecular weight excluding hydrogens is 178 g/mol. The minimum atomic E-state index is 0.868. The zero-order chi connectivity index (χ0) is 7.68. The Morgan fingerprint density at radius 2 is 2.36 bits per heavy atom. The topological polar surface area (TPSA) is 12.0 Å². The van der Waals surface area contributed by atoms with Crippen LogP contribution in [0.4, 0.5) is 0 Å². The summed E-state index contributed by atoms with van der Waals surface area (Å²) in [5.74, 6) is 0. The molecule has 0 aliphatic carbocycles. The summed E-state index contributed by atoms with van der Waals surface area (Å²) in [6, 6.07) is 4.02. The number of hydrogen-bond donors (Lipinski definition) is 1. The van der Waals surface area contributed by atoms with Gasteiger partial charge >= 0.3 is 0 Å². The molecule has 0 atom stereocenters. The molecule has 1 aromatic heterocycles. The predicted molar refractivity (Wildman–Crippen MR) is 50.2 cm³/mol. The lowest BCUT2D eigenvalue weighted by atomic mass is 10.2. The normalized spacial score (nSPS) is 17.0. The molecule has 1 aliphatic heterocycles. The van der Waals surface area contributed by atoms with Gasteiger partial charge in [-0.2, -0.15) is 0 Å². The van der Waals surface area contributed by atoms with Gasteiger partial charge in [0, 0.05) is 18.0 Å². The average Bonchev–Trinajstić information content (AvgIpc) is 2.55. The standard InChI is InChI=1S/C8H8ClNS/c9-8-2-1-7(11-8)6-3-4-10-5-6/h1-3,10H,4-5H2. The summed E-state index contributed by atoms with van der Waals surface area (Å²) in [6.45, 7) is 1.97. The number of rotatable bonds is 1. The monoisotopic (exact) mass is 185 g/mol. The predicted octanol–water partition coefficient (Wildman–Crippen LogP) is 2.39.